The Morgan fingerprint density at radius 2 is 1.90 bits per heavy atom. The summed E-state index contributed by atoms with van der Waals surface area (Å²) in [7, 11) is 0. The van der Waals surface area contributed by atoms with Crippen LogP contribution in [0.25, 0.3) is 16.6 Å². The molecule has 1 aliphatic heterocycles. The first-order valence-corrected chi connectivity index (χ1v) is 11.0. The molecule has 4 rings (SSSR count). The normalized spacial score (nSPS) is 13.7. The van der Waals surface area contributed by atoms with Crippen molar-refractivity contribution in [3.8, 4) is 5.69 Å². The zero-order valence-corrected chi connectivity index (χ0v) is 18.8. The monoisotopic (exact) mass is 554 g/mol. The predicted molar refractivity (Wildman–Crippen MR) is 120 cm³/mol. The molecule has 0 bridgehead atoms. The maximum atomic E-state index is 13.2. The molecule has 152 valence electrons. The van der Waals surface area contributed by atoms with Crippen LogP contribution in [-0.2, 0) is 14.4 Å². The molecular weight excluding hydrogens is 543 g/mol. The fourth-order valence-corrected chi connectivity index (χ4v) is 4.37. The van der Waals surface area contributed by atoms with Crippen LogP contribution in [0.1, 0.15) is 6.42 Å². The zero-order chi connectivity index (χ0) is 21.4. The minimum atomic E-state index is -0.610. The summed E-state index contributed by atoms with van der Waals surface area (Å²) in [4.78, 5) is 53.3. The van der Waals surface area contributed by atoms with Crippen LogP contribution in [0.2, 0.25) is 5.02 Å². The van der Waals surface area contributed by atoms with Gasteiger partial charge in [0, 0.05) is 8.59 Å². The number of imide groups is 1. The molecule has 0 unspecified atom stereocenters. The van der Waals surface area contributed by atoms with E-state index >= 15 is 0 Å². The van der Waals surface area contributed by atoms with Crippen molar-refractivity contribution in [3.63, 3.8) is 0 Å². The summed E-state index contributed by atoms with van der Waals surface area (Å²) in [6.45, 7) is 0. The van der Waals surface area contributed by atoms with Gasteiger partial charge in [0.2, 0.25) is 5.91 Å². The lowest BCUT2D eigenvalue weighted by Gasteiger charge is -2.15. The number of aromatic nitrogens is 2. The van der Waals surface area contributed by atoms with E-state index in [1.165, 1.54) is 4.57 Å². The van der Waals surface area contributed by atoms with Crippen molar-refractivity contribution < 1.29 is 14.4 Å². The highest BCUT2D eigenvalue weighted by Crippen LogP contribution is 2.23. The van der Waals surface area contributed by atoms with E-state index in [-0.39, 0.29) is 22.9 Å². The largest absolute Gasteiger partial charge is 0.273 e. The average Bonchev–Trinajstić information content (AvgIpc) is 3.06. The molecule has 1 saturated heterocycles. The Hall–Kier alpha value is -2.44. The third-order valence-electron chi connectivity index (χ3n) is 4.26. The SMILES string of the molecule is O=C1CC(=O)N(C(=O)CSc2nc3ccc(I)cc3c(=O)n2-c2ccc(Cl)cc2)N1. The maximum absolute atomic E-state index is 13.2. The van der Waals surface area contributed by atoms with Gasteiger partial charge in [-0.1, -0.05) is 23.4 Å². The van der Waals surface area contributed by atoms with Crippen LogP contribution in [0.4, 0.5) is 0 Å². The number of amides is 3. The topological polar surface area (TPSA) is 101 Å². The van der Waals surface area contributed by atoms with E-state index in [2.05, 4.69) is 33.0 Å². The van der Waals surface area contributed by atoms with E-state index in [1.807, 2.05) is 6.07 Å². The van der Waals surface area contributed by atoms with Crippen LogP contribution in [0.15, 0.2) is 52.4 Å². The summed E-state index contributed by atoms with van der Waals surface area (Å²) in [5, 5.41) is 1.93. The smallest absolute Gasteiger partial charge is 0.266 e. The van der Waals surface area contributed by atoms with Gasteiger partial charge in [-0.3, -0.25) is 29.2 Å². The summed E-state index contributed by atoms with van der Waals surface area (Å²) >= 11 is 9.09. The number of hydrazine groups is 1. The number of carbonyl (C=O) groups excluding carboxylic acids is 3. The van der Waals surface area contributed by atoms with E-state index in [1.54, 1.807) is 36.4 Å². The third-order valence-corrected chi connectivity index (χ3v) is 6.10. The Bertz CT molecular complexity index is 1260. The minimum Gasteiger partial charge on any atom is -0.273 e. The molecule has 30 heavy (non-hydrogen) atoms. The molecule has 3 aromatic rings. The van der Waals surface area contributed by atoms with Gasteiger partial charge in [0.1, 0.15) is 6.42 Å². The van der Waals surface area contributed by atoms with Crippen molar-refractivity contribution in [2.45, 2.75) is 11.6 Å². The quantitative estimate of drug-likeness (QED) is 0.230. The average molecular weight is 555 g/mol. The van der Waals surface area contributed by atoms with E-state index in [0.29, 0.717) is 26.6 Å². The highest BCUT2D eigenvalue weighted by Gasteiger charge is 2.32. The number of hydrogen-bond acceptors (Lipinski definition) is 6. The molecule has 1 aliphatic rings. The van der Waals surface area contributed by atoms with E-state index in [9.17, 15) is 19.2 Å². The first-order chi connectivity index (χ1) is 14.3. The summed E-state index contributed by atoms with van der Waals surface area (Å²) in [6, 6.07) is 12.0. The van der Waals surface area contributed by atoms with Crippen molar-refractivity contribution in [1.82, 2.24) is 20.0 Å². The maximum Gasteiger partial charge on any atom is 0.266 e. The summed E-state index contributed by atoms with van der Waals surface area (Å²) in [6.07, 6.45) is -0.362. The molecule has 0 aliphatic carbocycles. The molecule has 1 fully saturated rings. The fraction of sp³-hybridized carbons (Fsp3) is 0.105. The molecule has 11 heteroatoms. The fourth-order valence-electron chi connectivity index (χ4n) is 2.89. The van der Waals surface area contributed by atoms with Crippen molar-refractivity contribution >= 4 is 74.6 Å². The highest BCUT2D eigenvalue weighted by molar-refractivity contribution is 14.1. The standard InChI is InChI=1S/C19H12ClIN4O4S/c20-10-1-4-12(5-2-10)24-18(29)13-7-11(21)3-6-14(13)22-19(24)30-9-17(28)25-16(27)8-15(26)23-25/h1-7H,8-9H2,(H,23,26). The second-order valence-electron chi connectivity index (χ2n) is 6.30. The number of nitrogens with one attached hydrogen (secondary N) is 1. The summed E-state index contributed by atoms with van der Waals surface area (Å²) < 4.78 is 2.29. The Kier molecular flexibility index (Phi) is 5.80. The second kappa shape index (κ2) is 8.36. The Morgan fingerprint density at radius 3 is 2.57 bits per heavy atom. The summed E-state index contributed by atoms with van der Waals surface area (Å²) in [5.41, 5.74) is 2.96. The van der Waals surface area contributed by atoms with Crippen molar-refractivity contribution in [3.05, 3.63) is 61.4 Å². The molecule has 0 spiro atoms. The van der Waals surface area contributed by atoms with E-state index < -0.39 is 17.7 Å². The van der Waals surface area contributed by atoms with Crippen LogP contribution < -0.4 is 11.0 Å². The number of halogens is 2. The van der Waals surface area contributed by atoms with E-state index in [0.717, 1.165) is 15.3 Å². The van der Waals surface area contributed by atoms with Gasteiger partial charge in [-0.15, -0.1) is 0 Å². The number of thioether (sulfide) groups is 1. The molecule has 8 nitrogen and oxygen atoms in total. The molecule has 2 aromatic carbocycles. The van der Waals surface area contributed by atoms with Gasteiger partial charge in [0.05, 0.1) is 22.3 Å². The zero-order valence-electron chi connectivity index (χ0n) is 15.1. The minimum absolute atomic E-state index is 0.193. The predicted octanol–water partition coefficient (Wildman–Crippen LogP) is 2.53. The lowest BCUT2D eigenvalue weighted by atomic mass is 10.2. The highest BCUT2D eigenvalue weighted by atomic mass is 127. The number of fused-ring (bicyclic) bond motifs is 1. The van der Waals surface area contributed by atoms with Crippen LogP contribution in [0.5, 0.6) is 0 Å². The Labute approximate surface area is 192 Å². The van der Waals surface area contributed by atoms with Gasteiger partial charge < -0.3 is 0 Å². The number of nitrogens with zero attached hydrogens (tertiary/aromatic N) is 3. The molecular formula is C19H12ClIN4O4S. The summed E-state index contributed by atoms with van der Waals surface area (Å²) in [5.74, 6) is -1.94. The number of benzene rings is 2. The van der Waals surface area contributed by atoms with Gasteiger partial charge in [0.15, 0.2) is 5.16 Å². The van der Waals surface area contributed by atoms with Gasteiger partial charge >= 0.3 is 0 Å². The number of rotatable bonds is 4. The van der Waals surface area contributed by atoms with Gasteiger partial charge in [-0.2, -0.15) is 5.01 Å². The van der Waals surface area contributed by atoms with Crippen molar-refractivity contribution in [1.29, 1.82) is 0 Å². The first-order valence-electron chi connectivity index (χ1n) is 8.60. The molecule has 1 N–H and O–H groups in total. The molecule has 2 heterocycles. The van der Waals surface area contributed by atoms with Crippen molar-refractivity contribution in [2.24, 2.45) is 0 Å². The molecule has 3 amide bonds. The van der Waals surface area contributed by atoms with Crippen LogP contribution in [0.3, 0.4) is 0 Å². The third kappa shape index (κ3) is 4.07. The van der Waals surface area contributed by atoms with Crippen LogP contribution >= 0.6 is 46.0 Å². The number of hydrogen-bond donors (Lipinski definition) is 1. The van der Waals surface area contributed by atoms with Crippen LogP contribution in [-0.4, -0.2) is 38.0 Å². The first kappa shape index (κ1) is 20.8. The van der Waals surface area contributed by atoms with Gasteiger partial charge in [-0.05, 0) is 65.1 Å². The number of carbonyl (C=O) groups is 3. The van der Waals surface area contributed by atoms with Gasteiger partial charge in [-0.25, -0.2) is 4.98 Å². The second-order valence-corrected chi connectivity index (χ2v) is 8.92. The molecule has 0 radical (unpaired) electrons. The molecule has 0 saturated carbocycles. The Balaban J connectivity index is 1.75. The van der Waals surface area contributed by atoms with Gasteiger partial charge in [0.25, 0.3) is 17.4 Å². The molecule has 0 atom stereocenters. The van der Waals surface area contributed by atoms with Crippen LogP contribution in [0, 0.1) is 3.57 Å². The lowest BCUT2D eigenvalue weighted by molar-refractivity contribution is -0.143. The Morgan fingerprint density at radius 1 is 1.17 bits per heavy atom. The van der Waals surface area contributed by atoms with E-state index in [4.69, 9.17) is 11.6 Å². The molecule has 1 aromatic heterocycles. The van der Waals surface area contributed by atoms with Crippen molar-refractivity contribution in [2.75, 3.05) is 5.75 Å². The lowest BCUT2D eigenvalue weighted by Crippen LogP contribution is -2.42.